The molecule has 2 aromatic carbocycles. The van der Waals surface area contributed by atoms with Gasteiger partial charge in [-0.15, -0.1) is 11.3 Å². The Hall–Kier alpha value is -2.33. The van der Waals surface area contributed by atoms with Gasteiger partial charge in [-0.2, -0.15) is 0 Å². The number of carbonyl (C=O) groups excluding carboxylic acids is 1. The number of para-hydroxylation sites is 1. The van der Waals surface area contributed by atoms with Crippen molar-refractivity contribution in [3.8, 4) is 0 Å². The summed E-state index contributed by atoms with van der Waals surface area (Å²) in [6.07, 6.45) is 0.157. The van der Waals surface area contributed by atoms with Gasteiger partial charge in [0.15, 0.2) is 0 Å². The molecular weight excluding hydrogens is 420 g/mol. The van der Waals surface area contributed by atoms with Crippen LogP contribution in [-0.2, 0) is 21.4 Å². The number of thiazole rings is 1. The second-order valence-corrected chi connectivity index (χ2v) is 10.1. The summed E-state index contributed by atoms with van der Waals surface area (Å²) in [5.41, 5.74) is 1.03. The number of benzene rings is 2. The van der Waals surface area contributed by atoms with Gasteiger partial charge in [0.25, 0.3) is 0 Å². The van der Waals surface area contributed by atoms with E-state index in [1.165, 1.54) is 16.8 Å². The Labute approximate surface area is 180 Å². The van der Waals surface area contributed by atoms with Crippen LogP contribution in [0.2, 0.25) is 0 Å². The first kappa shape index (κ1) is 20.9. The highest BCUT2D eigenvalue weighted by molar-refractivity contribution is 7.89. The second-order valence-electron chi connectivity index (χ2n) is 7.19. The first-order valence-corrected chi connectivity index (χ1v) is 12.2. The average Bonchev–Trinajstić information content (AvgIpc) is 3.17. The molecule has 1 N–H and O–H groups in total. The summed E-state index contributed by atoms with van der Waals surface area (Å²) >= 11 is 1.71. The lowest BCUT2D eigenvalue weighted by Gasteiger charge is -2.34. The molecule has 1 amide bonds. The molecule has 0 bridgehead atoms. The summed E-state index contributed by atoms with van der Waals surface area (Å²) in [7, 11) is -3.58. The summed E-state index contributed by atoms with van der Waals surface area (Å²) in [4.78, 5) is 21.5. The van der Waals surface area contributed by atoms with E-state index in [2.05, 4.69) is 20.7 Å². The quantitative estimate of drug-likeness (QED) is 0.605. The minimum Gasteiger partial charge on any atom is -0.340 e. The molecule has 1 aliphatic heterocycles. The molecule has 0 aliphatic carbocycles. The number of aromatic nitrogens is 1. The van der Waals surface area contributed by atoms with Crippen molar-refractivity contribution in [2.75, 3.05) is 32.7 Å². The number of hydrogen-bond acceptors (Lipinski definition) is 6. The van der Waals surface area contributed by atoms with Crippen LogP contribution in [-0.4, -0.2) is 61.8 Å². The maximum absolute atomic E-state index is 12.5. The topological polar surface area (TPSA) is 82.6 Å². The highest BCUT2D eigenvalue weighted by atomic mass is 32.2. The Balaban J connectivity index is 1.22. The third kappa shape index (κ3) is 5.04. The fraction of sp³-hybridized carbons (Fsp3) is 0.333. The zero-order valence-electron chi connectivity index (χ0n) is 16.5. The van der Waals surface area contributed by atoms with Crippen molar-refractivity contribution in [2.24, 2.45) is 0 Å². The highest BCUT2D eigenvalue weighted by Crippen LogP contribution is 2.23. The van der Waals surface area contributed by atoms with E-state index in [0.29, 0.717) is 13.1 Å². The molecule has 2 heterocycles. The summed E-state index contributed by atoms with van der Waals surface area (Å²) in [5.74, 6) is -0.0228. The summed E-state index contributed by atoms with van der Waals surface area (Å²) in [6, 6.07) is 16.3. The number of piperazine rings is 1. The van der Waals surface area contributed by atoms with Crippen LogP contribution >= 0.6 is 11.3 Å². The molecule has 158 valence electrons. The molecule has 3 aromatic rings. The fourth-order valence-corrected chi connectivity index (χ4v) is 5.53. The van der Waals surface area contributed by atoms with Crippen molar-refractivity contribution in [1.82, 2.24) is 19.5 Å². The Morgan fingerprint density at radius 1 is 1.00 bits per heavy atom. The normalized spacial score (nSPS) is 15.5. The third-order valence-corrected chi connectivity index (χ3v) is 7.60. The van der Waals surface area contributed by atoms with Gasteiger partial charge in [0, 0.05) is 39.1 Å². The number of carbonyl (C=O) groups is 1. The van der Waals surface area contributed by atoms with Gasteiger partial charge in [-0.3, -0.25) is 9.69 Å². The van der Waals surface area contributed by atoms with E-state index in [0.717, 1.165) is 30.2 Å². The molecular formula is C21H24N4O3S2. The number of rotatable bonds is 7. The number of hydrogen-bond donors (Lipinski definition) is 1. The lowest BCUT2D eigenvalue weighted by atomic mass is 10.2. The molecule has 7 nitrogen and oxygen atoms in total. The number of fused-ring (bicyclic) bond motifs is 1. The largest absolute Gasteiger partial charge is 0.340 e. The molecule has 4 rings (SSSR count). The summed E-state index contributed by atoms with van der Waals surface area (Å²) < 4.78 is 28.1. The molecule has 0 unspecified atom stereocenters. The van der Waals surface area contributed by atoms with E-state index in [4.69, 9.17) is 0 Å². The highest BCUT2D eigenvalue weighted by Gasteiger charge is 2.22. The predicted octanol–water partition coefficient (Wildman–Crippen LogP) is 2.31. The summed E-state index contributed by atoms with van der Waals surface area (Å²) in [6.45, 7) is 3.76. The molecule has 0 saturated carbocycles. The van der Waals surface area contributed by atoms with Crippen molar-refractivity contribution < 1.29 is 13.2 Å². The molecule has 1 saturated heterocycles. The van der Waals surface area contributed by atoms with Crippen LogP contribution in [0.1, 0.15) is 11.4 Å². The van der Waals surface area contributed by atoms with Gasteiger partial charge in [-0.25, -0.2) is 18.1 Å². The first-order valence-electron chi connectivity index (χ1n) is 9.90. The van der Waals surface area contributed by atoms with Gasteiger partial charge in [-0.1, -0.05) is 30.3 Å². The molecule has 30 heavy (non-hydrogen) atoms. The fourth-order valence-electron chi connectivity index (χ4n) is 3.47. The van der Waals surface area contributed by atoms with Crippen LogP contribution in [0.3, 0.4) is 0 Å². The van der Waals surface area contributed by atoms with Crippen LogP contribution in [0.15, 0.2) is 59.5 Å². The van der Waals surface area contributed by atoms with Crippen molar-refractivity contribution in [2.45, 2.75) is 17.9 Å². The molecule has 0 atom stereocenters. The zero-order valence-corrected chi connectivity index (χ0v) is 18.2. The van der Waals surface area contributed by atoms with Gasteiger partial charge in [0.2, 0.25) is 15.9 Å². The first-order chi connectivity index (χ1) is 14.5. The Bertz CT molecular complexity index is 1070. The van der Waals surface area contributed by atoms with Gasteiger partial charge >= 0.3 is 0 Å². The Morgan fingerprint density at radius 3 is 2.43 bits per heavy atom. The third-order valence-electron chi connectivity index (χ3n) is 5.11. The molecule has 1 fully saturated rings. The second kappa shape index (κ2) is 9.22. The average molecular weight is 445 g/mol. The van der Waals surface area contributed by atoms with E-state index in [1.807, 2.05) is 23.1 Å². The lowest BCUT2D eigenvalue weighted by molar-refractivity contribution is -0.132. The van der Waals surface area contributed by atoms with Crippen LogP contribution < -0.4 is 4.72 Å². The van der Waals surface area contributed by atoms with Crippen LogP contribution in [0.25, 0.3) is 10.2 Å². The maximum atomic E-state index is 12.5. The predicted molar refractivity (Wildman–Crippen MR) is 118 cm³/mol. The van der Waals surface area contributed by atoms with E-state index in [9.17, 15) is 13.2 Å². The Kier molecular flexibility index (Phi) is 6.43. The number of nitrogens with one attached hydrogen (secondary N) is 1. The number of amides is 1. The SMILES string of the molecule is O=C(CCNS(=O)(=O)c1ccccc1)N1CCN(Cc2nc3ccccc3s2)CC1. The standard InChI is InChI=1S/C21H24N4O3S2/c26-21(10-11-22-30(27,28)17-6-2-1-3-7-17)25-14-12-24(13-15-25)16-20-23-18-8-4-5-9-19(18)29-20/h1-9,22H,10-16H2. The molecule has 9 heteroatoms. The summed E-state index contributed by atoms with van der Waals surface area (Å²) in [5, 5.41) is 1.09. The minimum absolute atomic E-state index is 0.0228. The van der Waals surface area contributed by atoms with E-state index < -0.39 is 10.0 Å². The van der Waals surface area contributed by atoms with Crippen molar-refractivity contribution in [1.29, 1.82) is 0 Å². The Morgan fingerprint density at radius 2 is 1.70 bits per heavy atom. The van der Waals surface area contributed by atoms with E-state index in [1.54, 1.807) is 29.5 Å². The van der Waals surface area contributed by atoms with E-state index in [-0.39, 0.29) is 23.8 Å². The van der Waals surface area contributed by atoms with Crippen LogP contribution in [0, 0.1) is 0 Å². The lowest BCUT2D eigenvalue weighted by Crippen LogP contribution is -2.48. The van der Waals surface area contributed by atoms with Crippen molar-refractivity contribution in [3.63, 3.8) is 0 Å². The number of nitrogens with zero attached hydrogens (tertiary/aromatic N) is 3. The molecule has 0 radical (unpaired) electrons. The van der Waals surface area contributed by atoms with Gasteiger partial charge in [0.05, 0.1) is 21.7 Å². The van der Waals surface area contributed by atoms with E-state index >= 15 is 0 Å². The molecule has 0 spiro atoms. The zero-order chi connectivity index (χ0) is 21.0. The van der Waals surface area contributed by atoms with Gasteiger partial charge in [0.1, 0.15) is 5.01 Å². The van der Waals surface area contributed by atoms with Crippen LogP contribution in [0.5, 0.6) is 0 Å². The van der Waals surface area contributed by atoms with Crippen LogP contribution in [0.4, 0.5) is 0 Å². The minimum atomic E-state index is -3.58. The van der Waals surface area contributed by atoms with Gasteiger partial charge in [-0.05, 0) is 24.3 Å². The van der Waals surface area contributed by atoms with Gasteiger partial charge < -0.3 is 4.90 Å². The maximum Gasteiger partial charge on any atom is 0.240 e. The monoisotopic (exact) mass is 444 g/mol. The smallest absolute Gasteiger partial charge is 0.240 e. The van der Waals surface area contributed by atoms with Crippen molar-refractivity contribution in [3.05, 3.63) is 59.6 Å². The van der Waals surface area contributed by atoms with Crippen molar-refractivity contribution >= 4 is 37.5 Å². The number of sulfonamides is 1. The molecule has 1 aliphatic rings. The molecule has 1 aromatic heterocycles.